The number of nitrogens with one attached hydrogen (secondary N) is 1. The topological polar surface area (TPSA) is 77.1 Å². The van der Waals surface area contributed by atoms with Crippen molar-refractivity contribution in [3.63, 3.8) is 0 Å². The van der Waals surface area contributed by atoms with Gasteiger partial charge in [0.25, 0.3) is 5.91 Å². The molecule has 2 aromatic carbocycles. The summed E-state index contributed by atoms with van der Waals surface area (Å²) in [5, 5.41) is 2.94. The minimum absolute atomic E-state index is 0.261. The zero-order chi connectivity index (χ0) is 20.6. The van der Waals surface area contributed by atoms with Crippen molar-refractivity contribution in [3.05, 3.63) is 53.6 Å². The molecule has 3 rings (SSSR count). The molecular weight excluding hydrogens is 372 g/mol. The van der Waals surface area contributed by atoms with E-state index >= 15 is 0 Å². The van der Waals surface area contributed by atoms with Gasteiger partial charge in [0.05, 0.1) is 43.9 Å². The maximum Gasteiger partial charge on any atom is 0.337 e. The van der Waals surface area contributed by atoms with Gasteiger partial charge in [-0.05, 0) is 48.9 Å². The maximum atomic E-state index is 12.8. The highest BCUT2D eigenvalue weighted by atomic mass is 16.5. The van der Waals surface area contributed by atoms with E-state index in [-0.39, 0.29) is 5.91 Å². The Morgan fingerprint density at radius 2 is 1.76 bits per heavy atom. The molecule has 7 nitrogen and oxygen atoms in total. The van der Waals surface area contributed by atoms with E-state index in [0.717, 1.165) is 17.9 Å². The molecule has 0 aliphatic carbocycles. The number of hydrogen-bond acceptors (Lipinski definition) is 6. The lowest BCUT2D eigenvalue weighted by Gasteiger charge is -2.30. The standard InChI is InChI=1S/C22H26N2O5/c1-3-12-29-18-7-4-16(5-8-18)21(25)23-19-15-17(22(26)27-2)6-9-20(19)24-10-13-28-14-11-24/h4-9,15H,3,10-14H2,1-2H3,(H,23,25). The molecule has 0 unspecified atom stereocenters. The lowest BCUT2D eigenvalue weighted by molar-refractivity contribution is 0.0600. The second-order valence-corrected chi connectivity index (χ2v) is 6.65. The number of ether oxygens (including phenoxy) is 3. The summed E-state index contributed by atoms with van der Waals surface area (Å²) in [6, 6.07) is 12.2. The van der Waals surface area contributed by atoms with Gasteiger partial charge in [-0.15, -0.1) is 0 Å². The van der Waals surface area contributed by atoms with E-state index in [0.29, 0.717) is 49.7 Å². The molecule has 1 amide bonds. The molecule has 1 aliphatic rings. The number of hydrogen-bond donors (Lipinski definition) is 1. The Bertz CT molecular complexity index is 845. The van der Waals surface area contributed by atoms with Gasteiger partial charge in [-0.25, -0.2) is 4.79 Å². The molecule has 7 heteroatoms. The third-order valence-electron chi connectivity index (χ3n) is 4.61. The largest absolute Gasteiger partial charge is 0.494 e. The summed E-state index contributed by atoms with van der Waals surface area (Å²) in [6.07, 6.45) is 0.920. The Morgan fingerprint density at radius 3 is 2.41 bits per heavy atom. The summed E-state index contributed by atoms with van der Waals surface area (Å²) in [7, 11) is 1.33. The molecule has 1 aliphatic heterocycles. The predicted molar refractivity (Wildman–Crippen MR) is 111 cm³/mol. The zero-order valence-corrected chi connectivity index (χ0v) is 16.8. The first kappa shape index (κ1) is 20.7. The van der Waals surface area contributed by atoms with Crippen molar-refractivity contribution in [1.29, 1.82) is 0 Å². The zero-order valence-electron chi connectivity index (χ0n) is 16.8. The first-order chi connectivity index (χ1) is 14.1. The minimum atomic E-state index is -0.452. The van der Waals surface area contributed by atoms with Crippen LogP contribution in [0, 0.1) is 0 Å². The monoisotopic (exact) mass is 398 g/mol. The van der Waals surface area contributed by atoms with E-state index in [1.165, 1.54) is 7.11 Å². The number of methoxy groups -OCH3 is 1. The number of anilines is 2. The Balaban J connectivity index is 1.82. The van der Waals surface area contributed by atoms with Crippen LogP contribution in [0.5, 0.6) is 5.75 Å². The van der Waals surface area contributed by atoms with Crippen LogP contribution in [-0.4, -0.2) is 51.9 Å². The van der Waals surface area contributed by atoms with Crippen LogP contribution in [0.1, 0.15) is 34.1 Å². The van der Waals surface area contributed by atoms with E-state index < -0.39 is 5.97 Å². The molecule has 1 saturated heterocycles. The molecule has 29 heavy (non-hydrogen) atoms. The SMILES string of the molecule is CCCOc1ccc(C(=O)Nc2cc(C(=O)OC)ccc2N2CCOCC2)cc1. The molecule has 0 bridgehead atoms. The summed E-state index contributed by atoms with van der Waals surface area (Å²) in [5.41, 5.74) is 2.29. The van der Waals surface area contributed by atoms with E-state index in [4.69, 9.17) is 14.2 Å². The summed E-state index contributed by atoms with van der Waals surface area (Å²) in [4.78, 5) is 26.9. The Morgan fingerprint density at radius 1 is 1.07 bits per heavy atom. The summed E-state index contributed by atoms with van der Waals surface area (Å²) in [6.45, 7) is 5.33. The lowest BCUT2D eigenvalue weighted by Crippen LogP contribution is -2.36. The fourth-order valence-corrected chi connectivity index (χ4v) is 3.08. The maximum absolute atomic E-state index is 12.8. The van der Waals surface area contributed by atoms with Crippen LogP contribution in [0.2, 0.25) is 0 Å². The van der Waals surface area contributed by atoms with Gasteiger partial charge in [0.2, 0.25) is 0 Å². The van der Waals surface area contributed by atoms with E-state index in [1.54, 1.807) is 36.4 Å². The van der Waals surface area contributed by atoms with Gasteiger partial charge in [-0.2, -0.15) is 0 Å². The number of rotatable bonds is 7. The third-order valence-corrected chi connectivity index (χ3v) is 4.61. The highest BCUT2D eigenvalue weighted by Gasteiger charge is 2.19. The Hall–Kier alpha value is -3.06. The molecule has 0 saturated carbocycles. The lowest BCUT2D eigenvalue weighted by atomic mass is 10.1. The normalized spacial score (nSPS) is 13.7. The number of morpholine rings is 1. The Kier molecular flexibility index (Phi) is 7.08. The van der Waals surface area contributed by atoms with Crippen molar-refractivity contribution in [2.75, 3.05) is 50.2 Å². The molecule has 0 spiro atoms. The number of esters is 1. The minimum Gasteiger partial charge on any atom is -0.494 e. The smallest absolute Gasteiger partial charge is 0.337 e. The number of benzene rings is 2. The van der Waals surface area contributed by atoms with Gasteiger partial charge in [0, 0.05) is 18.7 Å². The second kappa shape index (κ2) is 9.93. The average molecular weight is 398 g/mol. The third kappa shape index (κ3) is 5.26. The molecule has 2 aromatic rings. The molecule has 154 valence electrons. The van der Waals surface area contributed by atoms with Crippen molar-refractivity contribution in [1.82, 2.24) is 0 Å². The van der Waals surface area contributed by atoms with Gasteiger partial charge in [-0.3, -0.25) is 4.79 Å². The number of amides is 1. The summed E-state index contributed by atoms with van der Waals surface area (Å²) in [5.74, 6) is 0.0140. The highest BCUT2D eigenvalue weighted by molar-refractivity contribution is 6.07. The van der Waals surface area contributed by atoms with Crippen molar-refractivity contribution < 1.29 is 23.8 Å². The molecule has 0 radical (unpaired) electrons. The van der Waals surface area contributed by atoms with Gasteiger partial charge in [0.1, 0.15) is 5.75 Å². The van der Waals surface area contributed by atoms with Crippen molar-refractivity contribution in [3.8, 4) is 5.75 Å². The molecule has 0 aromatic heterocycles. The summed E-state index contributed by atoms with van der Waals surface area (Å²) < 4.78 is 15.8. The van der Waals surface area contributed by atoms with Crippen LogP contribution in [0.25, 0.3) is 0 Å². The average Bonchev–Trinajstić information content (AvgIpc) is 2.78. The van der Waals surface area contributed by atoms with Gasteiger partial charge in [0.15, 0.2) is 0 Å². The van der Waals surface area contributed by atoms with Gasteiger partial charge >= 0.3 is 5.97 Å². The van der Waals surface area contributed by atoms with Crippen molar-refractivity contribution >= 4 is 23.3 Å². The highest BCUT2D eigenvalue weighted by Crippen LogP contribution is 2.29. The van der Waals surface area contributed by atoms with Crippen LogP contribution in [-0.2, 0) is 9.47 Å². The van der Waals surface area contributed by atoms with E-state index in [2.05, 4.69) is 10.2 Å². The quantitative estimate of drug-likeness (QED) is 0.721. The van der Waals surface area contributed by atoms with Crippen LogP contribution in [0.3, 0.4) is 0 Å². The van der Waals surface area contributed by atoms with Crippen molar-refractivity contribution in [2.45, 2.75) is 13.3 Å². The van der Waals surface area contributed by atoms with E-state index in [1.807, 2.05) is 13.0 Å². The number of carbonyl (C=O) groups is 2. The molecule has 1 N–H and O–H groups in total. The number of carbonyl (C=O) groups excluding carboxylic acids is 2. The first-order valence-electron chi connectivity index (χ1n) is 9.71. The van der Waals surface area contributed by atoms with E-state index in [9.17, 15) is 9.59 Å². The molecular formula is C22H26N2O5. The fourth-order valence-electron chi connectivity index (χ4n) is 3.08. The molecule has 1 heterocycles. The van der Waals surface area contributed by atoms with Crippen LogP contribution < -0.4 is 15.0 Å². The van der Waals surface area contributed by atoms with Crippen LogP contribution in [0.15, 0.2) is 42.5 Å². The fraction of sp³-hybridized carbons (Fsp3) is 0.364. The van der Waals surface area contributed by atoms with Crippen LogP contribution in [0.4, 0.5) is 11.4 Å². The van der Waals surface area contributed by atoms with Crippen LogP contribution >= 0.6 is 0 Å². The predicted octanol–water partition coefficient (Wildman–Crippen LogP) is 3.35. The van der Waals surface area contributed by atoms with Gasteiger partial charge in [-0.1, -0.05) is 6.92 Å². The van der Waals surface area contributed by atoms with Gasteiger partial charge < -0.3 is 24.4 Å². The molecule has 1 fully saturated rings. The molecule has 0 atom stereocenters. The summed E-state index contributed by atoms with van der Waals surface area (Å²) >= 11 is 0. The second-order valence-electron chi connectivity index (χ2n) is 6.65. The first-order valence-corrected chi connectivity index (χ1v) is 9.71. The number of nitrogens with zero attached hydrogens (tertiary/aromatic N) is 1. The Labute approximate surface area is 170 Å². The van der Waals surface area contributed by atoms with Crippen molar-refractivity contribution in [2.24, 2.45) is 0 Å².